The Bertz CT molecular complexity index is 861. The molecule has 0 bridgehead atoms. The molecule has 0 saturated heterocycles. The quantitative estimate of drug-likeness (QED) is 0.633. The molecule has 29 heavy (non-hydrogen) atoms. The van der Waals surface area contributed by atoms with Crippen molar-refractivity contribution in [2.75, 3.05) is 18.4 Å². The number of rotatable bonds is 8. The Morgan fingerprint density at radius 2 is 1.69 bits per heavy atom. The van der Waals surface area contributed by atoms with Crippen LogP contribution in [0.3, 0.4) is 0 Å². The SMILES string of the molecule is CCN(CC)C(=O)Nc1ccc(C(C)NC(=O)Cc2cccc(C(=O)O)c2)cc1. The van der Waals surface area contributed by atoms with Crippen LogP contribution in [0.4, 0.5) is 10.5 Å². The van der Waals surface area contributed by atoms with Crippen molar-refractivity contribution in [3.05, 3.63) is 65.2 Å². The largest absolute Gasteiger partial charge is 0.478 e. The van der Waals surface area contributed by atoms with E-state index in [1.165, 1.54) is 12.1 Å². The highest BCUT2D eigenvalue weighted by Gasteiger charge is 2.13. The van der Waals surface area contributed by atoms with Gasteiger partial charge in [-0.2, -0.15) is 0 Å². The summed E-state index contributed by atoms with van der Waals surface area (Å²) in [5.74, 6) is -1.22. The second-order valence-electron chi connectivity index (χ2n) is 6.70. The van der Waals surface area contributed by atoms with Crippen LogP contribution >= 0.6 is 0 Å². The number of urea groups is 1. The summed E-state index contributed by atoms with van der Waals surface area (Å²) in [5.41, 5.74) is 2.39. The van der Waals surface area contributed by atoms with Gasteiger partial charge in [-0.3, -0.25) is 4.79 Å². The Labute approximate surface area is 170 Å². The monoisotopic (exact) mass is 397 g/mol. The Balaban J connectivity index is 1.94. The molecule has 2 aromatic rings. The molecule has 0 radical (unpaired) electrons. The first-order valence-corrected chi connectivity index (χ1v) is 9.61. The van der Waals surface area contributed by atoms with Gasteiger partial charge in [0.1, 0.15) is 0 Å². The lowest BCUT2D eigenvalue weighted by molar-refractivity contribution is -0.121. The van der Waals surface area contributed by atoms with E-state index < -0.39 is 5.97 Å². The number of nitrogens with zero attached hydrogens (tertiary/aromatic N) is 1. The van der Waals surface area contributed by atoms with E-state index in [0.717, 1.165) is 5.56 Å². The average Bonchev–Trinajstić information content (AvgIpc) is 2.69. The van der Waals surface area contributed by atoms with Crippen molar-refractivity contribution >= 4 is 23.6 Å². The number of carboxylic acid groups (broad SMARTS) is 1. The number of aromatic carboxylic acids is 1. The van der Waals surface area contributed by atoms with Gasteiger partial charge in [-0.1, -0.05) is 24.3 Å². The summed E-state index contributed by atoms with van der Waals surface area (Å²) >= 11 is 0. The molecule has 0 saturated carbocycles. The highest BCUT2D eigenvalue weighted by Crippen LogP contribution is 2.17. The van der Waals surface area contributed by atoms with E-state index in [4.69, 9.17) is 5.11 Å². The zero-order valence-electron chi connectivity index (χ0n) is 16.9. The normalized spacial score (nSPS) is 11.4. The van der Waals surface area contributed by atoms with E-state index in [-0.39, 0.29) is 30.0 Å². The Kier molecular flexibility index (Phi) is 7.77. The Hall–Kier alpha value is -3.35. The predicted octanol–water partition coefficient (Wildman–Crippen LogP) is 3.68. The molecular formula is C22H27N3O4. The summed E-state index contributed by atoms with van der Waals surface area (Å²) in [5, 5.41) is 14.8. The van der Waals surface area contributed by atoms with Crippen molar-refractivity contribution < 1.29 is 19.5 Å². The number of hydrogen-bond donors (Lipinski definition) is 3. The number of carboxylic acids is 1. The fourth-order valence-corrected chi connectivity index (χ4v) is 2.94. The van der Waals surface area contributed by atoms with Gasteiger partial charge in [0.15, 0.2) is 0 Å². The fourth-order valence-electron chi connectivity index (χ4n) is 2.94. The maximum atomic E-state index is 12.3. The summed E-state index contributed by atoms with van der Waals surface area (Å²) in [6.45, 7) is 7.00. The van der Waals surface area contributed by atoms with Crippen molar-refractivity contribution in [3.63, 3.8) is 0 Å². The highest BCUT2D eigenvalue weighted by atomic mass is 16.4. The molecule has 0 aliphatic rings. The van der Waals surface area contributed by atoms with Gasteiger partial charge in [0, 0.05) is 18.8 Å². The van der Waals surface area contributed by atoms with Crippen molar-refractivity contribution in [1.29, 1.82) is 0 Å². The van der Waals surface area contributed by atoms with Gasteiger partial charge in [-0.25, -0.2) is 9.59 Å². The van der Waals surface area contributed by atoms with Crippen LogP contribution < -0.4 is 10.6 Å². The lowest BCUT2D eigenvalue weighted by Gasteiger charge is -2.19. The third-order valence-electron chi connectivity index (χ3n) is 4.63. The number of anilines is 1. The third-order valence-corrected chi connectivity index (χ3v) is 4.63. The molecule has 154 valence electrons. The first-order chi connectivity index (χ1) is 13.8. The standard InChI is InChI=1S/C22H27N3O4/c1-4-25(5-2)22(29)24-19-11-9-17(10-12-19)15(3)23-20(26)14-16-7-6-8-18(13-16)21(27)28/h6-13,15H,4-5,14H2,1-3H3,(H,23,26)(H,24,29)(H,27,28). The molecule has 0 spiro atoms. The predicted molar refractivity (Wildman–Crippen MR) is 112 cm³/mol. The van der Waals surface area contributed by atoms with Gasteiger partial charge in [0.05, 0.1) is 18.0 Å². The molecule has 7 nitrogen and oxygen atoms in total. The number of hydrogen-bond acceptors (Lipinski definition) is 3. The van der Waals surface area contributed by atoms with Gasteiger partial charge in [0.25, 0.3) is 0 Å². The van der Waals surface area contributed by atoms with Crippen LogP contribution in [-0.2, 0) is 11.2 Å². The first-order valence-electron chi connectivity index (χ1n) is 9.61. The van der Waals surface area contributed by atoms with Crippen LogP contribution in [0.2, 0.25) is 0 Å². The van der Waals surface area contributed by atoms with Gasteiger partial charge in [-0.05, 0) is 56.2 Å². The fraction of sp³-hybridized carbons (Fsp3) is 0.318. The van der Waals surface area contributed by atoms with Crippen LogP contribution in [0.25, 0.3) is 0 Å². The van der Waals surface area contributed by atoms with Crippen molar-refractivity contribution in [2.45, 2.75) is 33.2 Å². The molecule has 2 aromatic carbocycles. The third kappa shape index (κ3) is 6.34. The van der Waals surface area contributed by atoms with E-state index in [1.807, 2.05) is 32.9 Å². The van der Waals surface area contributed by atoms with E-state index >= 15 is 0 Å². The molecule has 3 N–H and O–H groups in total. The van der Waals surface area contributed by atoms with Crippen LogP contribution in [-0.4, -0.2) is 41.0 Å². The van der Waals surface area contributed by atoms with Crippen LogP contribution in [0.15, 0.2) is 48.5 Å². The molecule has 0 aliphatic carbocycles. The summed E-state index contributed by atoms with van der Waals surface area (Å²) in [7, 11) is 0. The van der Waals surface area contributed by atoms with Crippen LogP contribution in [0.5, 0.6) is 0 Å². The number of nitrogens with one attached hydrogen (secondary N) is 2. The number of benzene rings is 2. The second kappa shape index (κ2) is 10.3. The highest BCUT2D eigenvalue weighted by molar-refractivity contribution is 5.89. The molecule has 7 heteroatoms. The van der Waals surface area contributed by atoms with E-state index in [2.05, 4.69) is 10.6 Å². The Morgan fingerprint density at radius 3 is 2.28 bits per heavy atom. The molecule has 0 heterocycles. The summed E-state index contributed by atoms with van der Waals surface area (Å²) in [4.78, 5) is 37.1. The maximum Gasteiger partial charge on any atom is 0.335 e. The van der Waals surface area contributed by atoms with Crippen LogP contribution in [0.1, 0.15) is 48.3 Å². The molecule has 0 aromatic heterocycles. The average molecular weight is 397 g/mol. The first kappa shape index (κ1) is 21.9. The minimum atomic E-state index is -1.02. The maximum absolute atomic E-state index is 12.3. The van der Waals surface area contributed by atoms with Gasteiger partial charge < -0.3 is 20.6 Å². The second-order valence-corrected chi connectivity index (χ2v) is 6.70. The number of carbonyl (C=O) groups excluding carboxylic acids is 2. The lowest BCUT2D eigenvalue weighted by atomic mass is 10.1. The molecule has 0 aliphatic heterocycles. The molecule has 3 amide bonds. The summed E-state index contributed by atoms with van der Waals surface area (Å²) in [6.07, 6.45) is 0.101. The van der Waals surface area contributed by atoms with Crippen LogP contribution in [0, 0.1) is 0 Å². The number of carbonyl (C=O) groups is 3. The molecule has 1 unspecified atom stereocenters. The topological polar surface area (TPSA) is 98.7 Å². The van der Waals surface area contributed by atoms with Gasteiger partial charge in [0.2, 0.25) is 5.91 Å². The molecule has 1 atom stereocenters. The van der Waals surface area contributed by atoms with Crippen molar-refractivity contribution in [2.24, 2.45) is 0 Å². The van der Waals surface area contributed by atoms with E-state index in [1.54, 1.807) is 29.2 Å². The molecule has 2 rings (SSSR count). The minimum absolute atomic E-state index is 0.101. The molecule has 0 fully saturated rings. The zero-order chi connectivity index (χ0) is 21.4. The van der Waals surface area contributed by atoms with Crippen molar-refractivity contribution in [3.8, 4) is 0 Å². The van der Waals surface area contributed by atoms with Crippen molar-refractivity contribution in [1.82, 2.24) is 10.2 Å². The minimum Gasteiger partial charge on any atom is -0.478 e. The summed E-state index contributed by atoms with van der Waals surface area (Å²) < 4.78 is 0. The summed E-state index contributed by atoms with van der Waals surface area (Å²) in [6, 6.07) is 13.3. The van der Waals surface area contributed by atoms with Gasteiger partial charge in [-0.15, -0.1) is 0 Å². The lowest BCUT2D eigenvalue weighted by Crippen LogP contribution is -2.34. The van der Waals surface area contributed by atoms with Gasteiger partial charge >= 0.3 is 12.0 Å². The molecular weight excluding hydrogens is 370 g/mol. The zero-order valence-corrected chi connectivity index (χ0v) is 16.9. The Morgan fingerprint density at radius 1 is 1.03 bits per heavy atom. The van der Waals surface area contributed by atoms with E-state index in [9.17, 15) is 14.4 Å². The number of amides is 3. The smallest absolute Gasteiger partial charge is 0.335 e. The van der Waals surface area contributed by atoms with E-state index in [0.29, 0.717) is 24.3 Å².